The standard InChI is InChI=1S/C16H16F2N4O2/c1-10-6-16(19-8-15(10)22(23)24)20-12-4-5-21(9-12)14-3-2-11(17)7-13(14)18/h2-3,6-8,12H,4-5,9H2,1H3,(H,19,20). The van der Waals surface area contributed by atoms with Gasteiger partial charge in [-0.05, 0) is 31.5 Å². The van der Waals surface area contributed by atoms with Crippen molar-refractivity contribution in [3.05, 3.63) is 57.8 Å². The number of rotatable bonds is 4. The quantitative estimate of drug-likeness (QED) is 0.686. The maximum Gasteiger partial charge on any atom is 0.290 e. The highest BCUT2D eigenvalue weighted by molar-refractivity contribution is 5.51. The maximum absolute atomic E-state index is 13.9. The van der Waals surface area contributed by atoms with E-state index in [4.69, 9.17) is 0 Å². The van der Waals surface area contributed by atoms with Crippen molar-refractivity contribution in [2.24, 2.45) is 0 Å². The van der Waals surface area contributed by atoms with E-state index < -0.39 is 16.6 Å². The first-order valence-electron chi connectivity index (χ1n) is 7.51. The summed E-state index contributed by atoms with van der Waals surface area (Å²) in [7, 11) is 0. The van der Waals surface area contributed by atoms with E-state index in [1.54, 1.807) is 13.0 Å². The predicted octanol–water partition coefficient (Wildman–Crippen LogP) is 3.27. The van der Waals surface area contributed by atoms with E-state index in [-0.39, 0.29) is 11.7 Å². The molecule has 0 amide bonds. The second kappa shape index (κ2) is 6.38. The van der Waals surface area contributed by atoms with Crippen LogP contribution in [-0.2, 0) is 0 Å². The Morgan fingerprint density at radius 1 is 1.38 bits per heavy atom. The Morgan fingerprint density at radius 3 is 2.83 bits per heavy atom. The third-order valence-electron chi connectivity index (χ3n) is 4.07. The van der Waals surface area contributed by atoms with Gasteiger partial charge in [0.15, 0.2) is 0 Å². The average Bonchev–Trinajstić information content (AvgIpc) is 2.95. The van der Waals surface area contributed by atoms with Gasteiger partial charge < -0.3 is 10.2 Å². The van der Waals surface area contributed by atoms with Crippen LogP contribution in [0.1, 0.15) is 12.0 Å². The lowest BCUT2D eigenvalue weighted by Crippen LogP contribution is -2.27. The second-order valence-corrected chi connectivity index (χ2v) is 5.78. The lowest BCUT2D eigenvalue weighted by Gasteiger charge is -2.20. The van der Waals surface area contributed by atoms with Gasteiger partial charge in [-0.2, -0.15) is 0 Å². The van der Waals surface area contributed by atoms with E-state index in [9.17, 15) is 18.9 Å². The van der Waals surface area contributed by atoms with Gasteiger partial charge in [-0.1, -0.05) is 0 Å². The van der Waals surface area contributed by atoms with Gasteiger partial charge >= 0.3 is 0 Å². The third-order valence-corrected chi connectivity index (χ3v) is 4.07. The van der Waals surface area contributed by atoms with Gasteiger partial charge in [-0.3, -0.25) is 10.1 Å². The lowest BCUT2D eigenvalue weighted by atomic mass is 10.2. The van der Waals surface area contributed by atoms with Crippen LogP contribution in [0.3, 0.4) is 0 Å². The van der Waals surface area contributed by atoms with Crippen molar-refractivity contribution in [2.45, 2.75) is 19.4 Å². The smallest absolute Gasteiger partial charge is 0.290 e. The molecule has 1 N–H and O–H groups in total. The zero-order valence-electron chi connectivity index (χ0n) is 13.0. The summed E-state index contributed by atoms with van der Waals surface area (Å²) in [6.07, 6.45) is 1.98. The molecule has 0 aliphatic carbocycles. The molecule has 1 aromatic heterocycles. The first-order valence-corrected chi connectivity index (χ1v) is 7.51. The van der Waals surface area contributed by atoms with Crippen LogP contribution >= 0.6 is 0 Å². The van der Waals surface area contributed by atoms with Crippen LogP contribution in [0.2, 0.25) is 0 Å². The molecule has 0 spiro atoms. The van der Waals surface area contributed by atoms with Crippen molar-refractivity contribution in [3.63, 3.8) is 0 Å². The molecule has 6 nitrogen and oxygen atoms in total. The van der Waals surface area contributed by atoms with Crippen LogP contribution in [-0.4, -0.2) is 29.0 Å². The molecule has 3 rings (SSSR count). The van der Waals surface area contributed by atoms with Crippen LogP contribution in [0.15, 0.2) is 30.5 Å². The molecule has 2 heterocycles. The van der Waals surface area contributed by atoms with Crippen LogP contribution in [0.5, 0.6) is 0 Å². The van der Waals surface area contributed by atoms with E-state index in [0.717, 1.165) is 12.5 Å². The van der Waals surface area contributed by atoms with Gasteiger partial charge in [-0.15, -0.1) is 0 Å². The fraction of sp³-hybridized carbons (Fsp3) is 0.312. The molecule has 0 bridgehead atoms. The summed E-state index contributed by atoms with van der Waals surface area (Å²) in [6, 6.07) is 5.20. The topological polar surface area (TPSA) is 71.3 Å². The fourth-order valence-corrected chi connectivity index (χ4v) is 2.86. The van der Waals surface area contributed by atoms with E-state index in [1.807, 2.05) is 4.90 Å². The highest BCUT2D eigenvalue weighted by Gasteiger charge is 2.25. The predicted molar refractivity (Wildman–Crippen MR) is 86.2 cm³/mol. The molecule has 1 saturated heterocycles. The van der Waals surface area contributed by atoms with E-state index >= 15 is 0 Å². The number of halogens is 2. The van der Waals surface area contributed by atoms with Crippen LogP contribution < -0.4 is 10.2 Å². The largest absolute Gasteiger partial charge is 0.367 e. The monoisotopic (exact) mass is 334 g/mol. The van der Waals surface area contributed by atoms with Gasteiger partial charge in [-0.25, -0.2) is 13.8 Å². The maximum atomic E-state index is 13.9. The van der Waals surface area contributed by atoms with E-state index in [1.165, 1.54) is 18.3 Å². The minimum absolute atomic E-state index is 0.0259. The first kappa shape index (κ1) is 16.1. The molecule has 1 fully saturated rings. The summed E-state index contributed by atoms with van der Waals surface area (Å²) in [5.41, 5.74) is 0.868. The summed E-state index contributed by atoms with van der Waals surface area (Å²) in [4.78, 5) is 16.2. The molecule has 1 aliphatic rings. The van der Waals surface area contributed by atoms with Gasteiger partial charge in [0.25, 0.3) is 5.69 Å². The van der Waals surface area contributed by atoms with Crippen molar-refractivity contribution in [1.29, 1.82) is 0 Å². The molecule has 2 aromatic rings. The summed E-state index contributed by atoms with van der Waals surface area (Å²) in [5, 5.41) is 14.0. The van der Waals surface area contributed by atoms with Crippen LogP contribution in [0.4, 0.5) is 26.0 Å². The van der Waals surface area contributed by atoms with Gasteiger partial charge in [0.05, 0.1) is 10.6 Å². The molecule has 1 aromatic carbocycles. The van der Waals surface area contributed by atoms with E-state index in [0.29, 0.717) is 30.2 Å². The molecule has 126 valence electrons. The van der Waals surface area contributed by atoms with Gasteiger partial charge in [0, 0.05) is 30.8 Å². The molecule has 24 heavy (non-hydrogen) atoms. The molecule has 0 radical (unpaired) electrons. The Labute approximate surface area is 137 Å². The van der Waals surface area contributed by atoms with Crippen molar-refractivity contribution in [1.82, 2.24) is 4.98 Å². The number of benzene rings is 1. The highest BCUT2D eigenvalue weighted by atomic mass is 19.1. The number of hydrogen-bond acceptors (Lipinski definition) is 5. The Kier molecular flexibility index (Phi) is 4.28. The number of nitro groups is 1. The zero-order chi connectivity index (χ0) is 17.3. The SMILES string of the molecule is Cc1cc(NC2CCN(c3ccc(F)cc3F)C2)ncc1[N+](=O)[O-]. The van der Waals surface area contributed by atoms with Gasteiger partial charge in [0.1, 0.15) is 23.6 Å². The van der Waals surface area contributed by atoms with Gasteiger partial charge in [0.2, 0.25) is 0 Å². The molecular weight excluding hydrogens is 318 g/mol. The zero-order valence-corrected chi connectivity index (χ0v) is 13.0. The molecule has 1 atom stereocenters. The van der Waals surface area contributed by atoms with E-state index in [2.05, 4.69) is 10.3 Å². The Balaban J connectivity index is 1.68. The third kappa shape index (κ3) is 3.27. The fourth-order valence-electron chi connectivity index (χ4n) is 2.86. The number of nitrogens with zero attached hydrogens (tertiary/aromatic N) is 3. The first-order chi connectivity index (χ1) is 11.4. The van der Waals surface area contributed by atoms with Crippen molar-refractivity contribution < 1.29 is 13.7 Å². The van der Waals surface area contributed by atoms with Crippen molar-refractivity contribution in [3.8, 4) is 0 Å². The number of hydrogen-bond donors (Lipinski definition) is 1. The minimum Gasteiger partial charge on any atom is -0.367 e. The van der Waals surface area contributed by atoms with Crippen LogP contribution in [0, 0.1) is 28.7 Å². The number of aromatic nitrogens is 1. The number of pyridine rings is 1. The summed E-state index contributed by atoms with van der Waals surface area (Å²) in [5.74, 6) is -0.639. The molecule has 1 aliphatic heterocycles. The Morgan fingerprint density at radius 2 is 2.17 bits per heavy atom. The minimum atomic E-state index is -0.601. The number of anilines is 2. The molecule has 8 heteroatoms. The molecule has 1 unspecified atom stereocenters. The highest BCUT2D eigenvalue weighted by Crippen LogP contribution is 2.26. The number of nitrogens with one attached hydrogen (secondary N) is 1. The molecule has 0 saturated carbocycles. The summed E-state index contributed by atoms with van der Waals surface area (Å²) in [6.45, 7) is 2.83. The van der Waals surface area contributed by atoms with Crippen LogP contribution in [0.25, 0.3) is 0 Å². The summed E-state index contributed by atoms with van der Waals surface area (Å²) < 4.78 is 26.8. The Hall–Kier alpha value is -2.77. The number of aryl methyl sites for hydroxylation is 1. The normalized spacial score (nSPS) is 17.1. The lowest BCUT2D eigenvalue weighted by molar-refractivity contribution is -0.385. The molecular formula is C16H16F2N4O2. The van der Waals surface area contributed by atoms with Crippen molar-refractivity contribution >= 4 is 17.2 Å². The second-order valence-electron chi connectivity index (χ2n) is 5.78. The van der Waals surface area contributed by atoms with Crippen molar-refractivity contribution in [2.75, 3.05) is 23.3 Å². The summed E-state index contributed by atoms with van der Waals surface area (Å²) >= 11 is 0. The Bertz CT molecular complexity index is 785. The average molecular weight is 334 g/mol.